The van der Waals surface area contributed by atoms with Gasteiger partial charge in [-0.25, -0.2) is 0 Å². The van der Waals surface area contributed by atoms with Crippen molar-refractivity contribution in [2.45, 2.75) is 13.0 Å². The number of nitrogens with zero attached hydrogens (tertiary/aromatic N) is 2. The normalized spacial score (nSPS) is 12.7. The van der Waals surface area contributed by atoms with Crippen molar-refractivity contribution in [3.63, 3.8) is 0 Å². The Hall–Kier alpha value is -1.68. The van der Waals surface area contributed by atoms with Crippen LogP contribution in [0.5, 0.6) is 0 Å². The molecule has 0 unspecified atom stereocenters. The van der Waals surface area contributed by atoms with Crippen molar-refractivity contribution >= 4 is 0 Å². The monoisotopic (exact) mass is 189 g/mol. The van der Waals surface area contributed by atoms with Crippen LogP contribution < -0.4 is 5.73 Å². The van der Waals surface area contributed by atoms with Gasteiger partial charge in [0.15, 0.2) is 0 Å². The number of hydrogen-bond donors (Lipinski definition) is 1. The molecule has 0 aliphatic heterocycles. The summed E-state index contributed by atoms with van der Waals surface area (Å²) in [7, 11) is 0. The van der Waals surface area contributed by atoms with Gasteiger partial charge in [0.25, 0.3) is 0 Å². The smallest absolute Gasteiger partial charge is 0.247 e. The summed E-state index contributed by atoms with van der Waals surface area (Å²) in [4.78, 5) is 0. The molecule has 4 nitrogen and oxygen atoms in total. The Morgan fingerprint density at radius 3 is 2.50 bits per heavy atom. The van der Waals surface area contributed by atoms with Crippen LogP contribution >= 0.6 is 0 Å². The summed E-state index contributed by atoms with van der Waals surface area (Å²) < 4.78 is 5.38. The first-order valence-corrected chi connectivity index (χ1v) is 4.42. The van der Waals surface area contributed by atoms with E-state index in [1.54, 1.807) is 0 Å². The molecule has 0 saturated carbocycles. The molecule has 2 aromatic rings. The van der Waals surface area contributed by atoms with Crippen molar-refractivity contribution in [3.8, 4) is 11.5 Å². The van der Waals surface area contributed by atoms with Gasteiger partial charge in [-0.3, -0.25) is 0 Å². The Kier molecular flexibility index (Phi) is 2.28. The van der Waals surface area contributed by atoms with Gasteiger partial charge in [-0.2, -0.15) is 0 Å². The largest absolute Gasteiger partial charge is 0.419 e. The number of nitrogens with two attached hydrogens (primary N) is 1. The van der Waals surface area contributed by atoms with Crippen LogP contribution in [0.25, 0.3) is 11.5 Å². The first kappa shape index (κ1) is 8.90. The molecule has 2 N–H and O–H groups in total. The Bertz CT molecular complexity index is 408. The summed E-state index contributed by atoms with van der Waals surface area (Å²) in [5.41, 5.74) is 6.52. The number of benzene rings is 1. The Morgan fingerprint density at radius 1 is 1.21 bits per heavy atom. The topological polar surface area (TPSA) is 64.9 Å². The molecule has 2 rings (SSSR count). The Labute approximate surface area is 81.8 Å². The molecule has 0 saturated heterocycles. The van der Waals surface area contributed by atoms with E-state index in [4.69, 9.17) is 10.2 Å². The van der Waals surface area contributed by atoms with Crippen molar-refractivity contribution in [2.24, 2.45) is 5.73 Å². The lowest BCUT2D eigenvalue weighted by Crippen LogP contribution is -2.04. The lowest BCUT2D eigenvalue weighted by Gasteiger charge is -1.95. The third-order valence-corrected chi connectivity index (χ3v) is 1.85. The Morgan fingerprint density at radius 2 is 1.93 bits per heavy atom. The first-order valence-electron chi connectivity index (χ1n) is 4.42. The highest BCUT2D eigenvalue weighted by molar-refractivity contribution is 5.51. The standard InChI is InChI=1S/C10H11N3O/c1-7(11)9-12-13-10(14-9)8-5-3-2-4-6-8/h2-7H,11H2,1H3/t7-/m0/s1. The van der Waals surface area contributed by atoms with Crippen LogP contribution in [-0.2, 0) is 0 Å². The molecular formula is C10H11N3O. The quantitative estimate of drug-likeness (QED) is 0.781. The summed E-state index contributed by atoms with van der Waals surface area (Å²) >= 11 is 0. The molecule has 0 amide bonds. The van der Waals surface area contributed by atoms with E-state index in [0.717, 1.165) is 5.56 Å². The maximum Gasteiger partial charge on any atom is 0.247 e. The first-order chi connectivity index (χ1) is 6.77. The van der Waals surface area contributed by atoms with Crippen LogP contribution in [0, 0.1) is 0 Å². The molecular weight excluding hydrogens is 178 g/mol. The third kappa shape index (κ3) is 1.65. The minimum absolute atomic E-state index is 0.222. The zero-order valence-electron chi connectivity index (χ0n) is 7.84. The fourth-order valence-corrected chi connectivity index (χ4v) is 1.12. The zero-order valence-corrected chi connectivity index (χ0v) is 7.84. The molecule has 14 heavy (non-hydrogen) atoms. The number of aromatic nitrogens is 2. The predicted octanol–water partition coefficient (Wildman–Crippen LogP) is 1.76. The SMILES string of the molecule is C[C@H](N)c1nnc(-c2ccccc2)o1. The van der Waals surface area contributed by atoms with Crippen molar-refractivity contribution in [1.29, 1.82) is 0 Å². The molecule has 0 fully saturated rings. The van der Waals surface area contributed by atoms with Gasteiger partial charge in [0.05, 0.1) is 6.04 Å². The highest BCUT2D eigenvalue weighted by atomic mass is 16.4. The second kappa shape index (κ2) is 3.59. The fraction of sp³-hybridized carbons (Fsp3) is 0.200. The number of hydrogen-bond acceptors (Lipinski definition) is 4. The van der Waals surface area contributed by atoms with Gasteiger partial charge in [-0.05, 0) is 19.1 Å². The van der Waals surface area contributed by atoms with Gasteiger partial charge >= 0.3 is 0 Å². The van der Waals surface area contributed by atoms with Crippen LogP contribution in [0.4, 0.5) is 0 Å². The molecule has 0 aliphatic rings. The molecule has 1 heterocycles. The lowest BCUT2D eigenvalue weighted by molar-refractivity contribution is 0.473. The van der Waals surface area contributed by atoms with Crippen molar-refractivity contribution in [1.82, 2.24) is 10.2 Å². The summed E-state index contributed by atoms with van der Waals surface area (Å²) in [5.74, 6) is 0.974. The van der Waals surface area contributed by atoms with Crippen molar-refractivity contribution in [3.05, 3.63) is 36.2 Å². The van der Waals surface area contributed by atoms with E-state index in [9.17, 15) is 0 Å². The van der Waals surface area contributed by atoms with Crippen molar-refractivity contribution in [2.75, 3.05) is 0 Å². The molecule has 0 bridgehead atoms. The minimum Gasteiger partial charge on any atom is -0.419 e. The van der Waals surface area contributed by atoms with Gasteiger partial charge in [-0.1, -0.05) is 18.2 Å². The predicted molar refractivity (Wildman–Crippen MR) is 52.3 cm³/mol. The molecule has 1 aromatic heterocycles. The third-order valence-electron chi connectivity index (χ3n) is 1.85. The van der Waals surface area contributed by atoms with Crippen LogP contribution in [0.1, 0.15) is 18.9 Å². The maximum atomic E-state index is 5.61. The van der Waals surface area contributed by atoms with E-state index >= 15 is 0 Å². The van der Waals surface area contributed by atoms with E-state index in [0.29, 0.717) is 11.8 Å². The number of rotatable bonds is 2. The molecule has 1 atom stereocenters. The zero-order chi connectivity index (χ0) is 9.97. The molecule has 72 valence electrons. The maximum absolute atomic E-state index is 5.61. The van der Waals surface area contributed by atoms with E-state index in [1.165, 1.54) is 0 Å². The van der Waals surface area contributed by atoms with Gasteiger partial charge in [0.2, 0.25) is 11.8 Å². The molecule has 0 spiro atoms. The summed E-state index contributed by atoms with van der Waals surface area (Å²) in [6.45, 7) is 1.81. The highest BCUT2D eigenvalue weighted by Gasteiger charge is 2.10. The molecule has 1 aromatic carbocycles. The van der Waals surface area contributed by atoms with E-state index < -0.39 is 0 Å². The van der Waals surface area contributed by atoms with Crippen LogP contribution in [-0.4, -0.2) is 10.2 Å². The second-order valence-electron chi connectivity index (χ2n) is 3.10. The second-order valence-corrected chi connectivity index (χ2v) is 3.10. The summed E-state index contributed by atoms with van der Waals surface area (Å²) in [6.07, 6.45) is 0. The molecule has 0 aliphatic carbocycles. The van der Waals surface area contributed by atoms with Gasteiger partial charge < -0.3 is 10.2 Å². The molecule has 4 heteroatoms. The lowest BCUT2D eigenvalue weighted by atomic mass is 10.2. The Balaban J connectivity index is 2.34. The summed E-state index contributed by atoms with van der Waals surface area (Å²) in [6, 6.07) is 9.39. The van der Waals surface area contributed by atoms with E-state index in [1.807, 2.05) is 37.3 Å². The average Bonchev–Trinajstić information content (AvgIpc) is 2.68. The van der Waals surface area contributed by atoms with E-state index in [-0.39, 0.29) is 6.04 Å². The molecule has 0 radical (unpaired) electrons. The van der Waals surface area contributed by atoms with Crippen molar-refractivity contribution < 1.29 is 4.42 Å². The van der Waals surface area contributed by atoms with Crippen LogP contribution in [0.15, 0.2) is 34.7 Å². The average molecular weight is 189 g/mol. The van der Waals surface area contributed by atoms with Gasteiger partial charge in [0, 0.05) is 5.56 Å². The van der Waals surface area contributed by atoms with Gasteiger partial charge in [0.1, 0.15) is 0 Å². The summed E-state index contributed by atoms with van der Waals surface area (Å²) in [5, 5.41) is 7.76. The van der Waals surface area contributed by atoms with Crippen LogP contribution in [0.3, 0.4) is 0 Å². The fourth-order valence-electron chi connectivity index (χ4n) is 1.12. The highest BCUT2D eigenvalue weighted by Crippen LogP contribution is 2.18. The minimum atomic E-state index is -0.222. The van der Waals surface area contributed by atoms with Crippen LogP contribution in [0.2, 0.25) is 0 Å². The van der Waals surface area contributed by atoms with Gasteiger partial charge in [-0.15, -0.1) is 10.2 Å². The van der Waals surface area contributed by atoms with E-state index in [2.05, 4.69) is 10.2 Å².